The normalized spacial score (nSPS) is 13.4. The molecule has 40 heavy (non-hydrogen) atoms. The Balaban J connectivity index is 1.51. The number of nitrogens with zero attached hydrogens (tertiary/aromatic N) is 4. The summed E-state index contributed by atoms with van der Waals surface area (Å²) in [5.41, 5.74) is 9.59. The van der Waals surface area contributed by atoms with Gasteiger partial charge in [0, 0.05) is 24.0 Å². The van der Waals surface area contributed by atoms with E-state index in [-0.39, 0.29) is 0 Å². The zero-order valence-corrected chi connectivity index (χ0v) is 22.3. The third kappa shape index (κ3) is 3.91. The summed E-state index contributed by atoms with van der Waals surface area (Å²) in [4.78, 5) is 20.5. The molecule has 0 saturated carbocycles. The van der Waals surface area contributed by atoms with Crippen LogP contribution < -0.4 is 5.69 Å². The van der Waals surface area contributed by atoms with Crippen LogP contribution in [0.25, 0.3) is 50.1 Å². The summed E-state index contributed by atoms with van der Waals surface area (Å²) in [6.45, 7) is 3.89. The maximum absolute atomic E-state index is 13.7. The zero-order valence-electron chi connectivity index (χ0n) is 22.3. The van der Waals surface area contributed by atoms with Crippen LogP contribution in [0.3, 0.4) is 0 Å². The van der Waals surface area contributed by atoms with Crippen molar-refractivity contribution in [1.29, 1.82) is 5.26 Å². The number of benzene rings is 4. The second kappa shape index (κ2) is 9.33. The number of furan rings is 1. The van der Waals surface area contributed by atoms with Gasteiger partial charge in [-0.1, -0.05) is 60.7 Å². The SMILES string of the molecule is Cc1ccc(-n2c(=O)nc(-c3ccccc3)c3oc4ccc(-c5ccc6c(c5)CCN(C)C6)cc4c32)cc1C#N. The van der Waals surface area contributed by atoms with Gasteiger partial charge in [-0.2, -0.15) is 10.2 Å². The fraction of sp³-hybridized carbons (Fsp3) is 0.147. The number of nitriles is 1. The van der Waals surface area contributed by atoms with Crippen LogP contribution in [-0.4, -0.2) is 28.0 Å². The van der Waals surface area contributed by atoms with Crippen LogP contribution in [0.1, 0.15) is 22.3 Å². The Hall–Kier alpha value is -4.99. The van der Waals surface area contributed by atoms with Crippen LogP contribution in [0.5, 0.6) is 0 Å². The largest absolute Gasteiger partial charge is 0.452 e. The average Bonchev–Trinajstić information content (AvgIpc) is 3.36. The summed E-state index contributed by atoms with van der Waals surface area (Å²) < 4.78 is 8.01. The molecule has 0 amide bonds. The van der Waals surface area contributed by atoms with Crippen molar-refractivity contribution < 1.29 is 4.42 Å². The second-order valence-corrected chi connectivity index (χ2v) is 10.5. The van der Waals surface area contributed by atoms with Gasteiger partial charge in [0.25, 0.3) is 0 Å². The fourth-order valence-electron chi connectivity index (χ4n) is 5.71. The first-order valence-corrected chi connectivity index (χ1v) is 13.4. The van der Waals surface area contributed by atoms with Gasteiger partial charge in [-0.25, -0.2) is 4.79 Å². The van der Waals surface area contributed by atoms with Crippen LogP contribution in [0.2, 0.25) is 0 Å². The highest BCUT2D eigenvalue weighted by atomic mass is 16.3. The predicted octanol–water partition coefficient (Wildman–Crippen LogP) is 6.63. The summed E-state index contributed by atoms with van der Waals surface area (Å²) in [7, 11) is 2.15. The van der Waals surface area contributed by atoms with Gasteiger partial charge in [0.05, 0.1) is 17.3 Å². The molecule has 0 bridgehead atoms. The van der Waals surface area contributed by atoms with Crippen LogP contribution in [0.4, 0.5) is 0 Å². The summed E-state index contributed by atoms with van der Waals surface area (Å²) >= 11 is 0. The van der Waals surface area contributed by atoms with E-state index < -0.39 is 5.69 Å². The highest BCUT2D eigenvalue weighted by Gasteiger charge is 2.22. The van der Waals surface area contributed by atoms with E-state index in [9.17, 15) is 10.1 Å². The first-order chi connectivity index (χ1) is 19.5. The lowest BCUT2D eigenvalue weighted by Gasteiger charge is -2.25. The number of rotatable bonds is 3. The van der Waals surface area contributed by atoms with Gasteiger partial charge in [-0.05, 0) is 72.5 Å². The molecule has 0 saturated heterocycles. The molecule has 6 aromatic rings. The van der Waals surface area contributed by atoms with Crippen molar-refractivity contribution in [3.8, 4) is 34.1 Å². The highest BCUT2D eigenvalue weighted by Crippen LogP contribution is 2.37. The van der Waals surface area contributed by atoms with E-state index >= 15 is 0 Å². The molecule has 194 valence electrons. The van der Waals surface area contributed by atoms with Crippen molar-refractivity contribution in [3.63, 3.8) is 0 Å². The summed E-state index contributed by atoms with van der Waals surface area (Å²) in [5, 5.41) is 10.5. The average molecular weight is 523 g/mol. The van der Waals surface area contributed by atoms with Crippen LogP contribution >= 0.6 is 0 Å². The zero-order chi connectivity index (χ0) is 27.4. The molecule has 0 unspecified atom stereocenters. The Labute approximate surface area is 231 Å². The number of hydrogen-bond acceptors (Lipinski definition) is 5. The smallest absolute Gasteiger partial charge is 0.353 e. The summed E-state index contributed by atoms with van der Waals surface area (Å²) in [6, 6.07) is 30.1. The molecule has 4 aromatic carbocycles. The minimum atomic E-state index is -0.426. The molecular weight excluding hydrogens is 496 g/mol. The Morgan fingerprint density at radius 2 is 1.70 bits per heavy atom. The van der Waals surface area contributed by atoms with Gasteiger partial charge in [0.1, 0.15) is 16.8 Å². The molecule has 0 aliphatic carbocycles. The van der Waals surface area contributed by atoms with Gasteiger partial charge >= 0.3 is 5.69 Å². The lowest BCUT2D eigenvalue weighted by molar-refractivity contribution is 0.313. The summed E-state index contributed by atoms with van der Waals surface area (Å²) in [5.74, 6) is 0. The lowest BCUT2D eigenvalue weighted by atomic mass is 9.94. The second-order valence-electron chi connectivity index (χ2n) is 10.5. The van der Waals surface area contributed by atoms with E-state index in [1.807, 2.05) is 55.5 Å². The van der Waals surface area contributed by atoms with Crippen LogP contribution in [0, 0.1) is 18.3 Å². The first-order valence-electron chi connectivity index (χ1n) is 13.4. The lowest BCUT2D eigenvalue weighted by Crippen LogP contribution is -2.26. The molecule has 7 rings (SSSR count). The molecule has 1 aliphatic heterocycles. The third-order valence-electron chi connectivity index (χ3n) is 7.89. The Kier molecular flexibility index (Phi) is 5.62. The van der Waals surface area contributed by atoms with Gasteiger partial charge in [-0.15, -0.1) is 0 Å². The molecule has 0 atom stereocenters. The monoisotopic (exact) mass is 522 g/mol. The molecule has 0 fully saturated rings. The molecule has 0 N–H and O–H groups in total. The molecule has 0 radical (unpaired) electrons. The standard InChI is InChI=1S/C34H26N4O2/c1-21-8-12-28(17-27(21)19-35)38-32-29-18-24(23-9-10-26-20-37(2)15-14-25(26)16-23)11-13-30(29)40-33(32)31(36-34(38)39)22-6-4-3-5-7-22/h3-13,16-18H,14-15,20H2,1-2H3. The minimum absolute atomic E-state index is 0.426. The van der Waals surface area contributed by atoms with E-state index in [2.05, 4.69) is 53.3 Å². The van der Waals surface area contributed by atoms with E-state index in [0.29, 0.717) is 33.6 Å². The molecule has 6 nitrogen and oxygen atoms in total. The van der Waals surface area contributed by atoms with Crippen molar-refractivity contribution in [2.75, 3.05) is 13.6 Å². The minimum Gasteiger partial charge on any atom is -0.452 e. The van der Waals surface area contributed by atoms with E-state index in [1.54, 1.807) is 10.6 Å². The molecule has 0 spiro atoms. The number of aryl methyl sites for hydroxylation is 1. The Bertz CT molecular complexity index is 2050. The van der Waals surface area contributed by atoms with Gasteiger partial charge in [0.15, 0.2) is 5.58 Å². The van der Waals surface area contributed by atoms with E-state index in [0.717, 1.165) is 47.2 Å². The van der Waals surface area contributed by atoms with Gasteiger partial charge in [-0.3, -0.25) is 4.57 Å². The molecule has 1 aliphatic rings. The third-order valence-corrected chi connectivity index (χ3v) is 7.89. The number of fused-ring (bicyclic) bond motifs is 4. The van der Waals surface area contributed by atoms with Crippen molar-refractivity contribution in [2.45, 2.75) is 19.9 Å². The molecule has 2 aromatic heterocycles. The number of aromatic nitrogens is 2. The van der Waals surface area contributed by atoms with Crippen molar-refractivity contribution >= 4 is 22.1 Å². The quantitative estimate of drug-likeness (QED) is 0.261. The molecule has 3 heterocycles. The fourth-order valence-corrected chi connectivity index (χ4v) is 5.71. The molecule has 6 heteroatoms. The Morgan fingerprint density at radius 1 is 0.900 bits per heavy atom. The van der Waals surface area contributed by atoms with Crippen LogP contribution in [-0.2, 0) is 13.0 Å². The molecular formula is C34H26N4O2. The summed E-state index contributed by atoms with van der Waals surface area (Å²) in [6.07, 6.45) is 1.02. The van der Waals surface area contributed by atoms with Crippen LogP contribution in [0.15, 0.2) is 94.1 Å². The van der Waals surface area contributed by atoms with Gasteiger partial charge < -0.3 is 9.32 Å². The van der Waals surface area contributed by atoms with E-state index in [1.165, 1.54) is 11.1 Å². The topological polar surface area (TPSA) is 75.1 Å². The van der Waals surface area contributed by atoms with Crippen molar-refractivity contribution in [1.82, 2.24) is 14.5 Å². The van der Waals surface area contributed by atoms with Crippen molar-refractivity contribution in [3.05, 3.63) is 118 Å². The maximum Gasteiger partial charge on any atom is 0.353 e. The van der Waals surface area contributed by atoms with E-state index in [4.69, 9.17) is 4.42 Å². The van der Waals surface area contributed by atoms with Crippen molar-refractivity contribution in [2.24, 2.45) is 0 Å². The highest BCUT2D eigenvalue weighted by molar-refractivity contribution is 6.08. The number of hydrogen-bond donors (Lipinski definition) is 0. The Morgan fingerprint density at radius 3 is 2.52 bits per heavy atom. The predicted molar refractivity (Wildman–Crippen MR) is 157 cm³/mol. The maximum atomic E-state index is 13.7. The van der Waals surface area contributed by atoms with Gasteiger partial charge in [0.2, 0.25) is 0 Å². The number of likely N-dealkylation sites (N-methyl/N-ethyl adjacent to an activating group) is 1. The first kappa shape index (κ1) is 24.1.